The average Bonchev–Trinajstić information content (AvgIpc) is 3.17. The number of hydrogen-bond donors (Lipinski definition) is 2. The molecule has 1 aromatic heterocycles. The second kappa shape index (κ2) is 7.03. The van der Waals surface area contributed by atoms with Crippen LogP contribution in [0.15, 0.2) is 30.5 Å². The van der Waals surface area contributed by atoms with Crippen LogP contribution in [0.2, 0.25) is 0 Å². The second-order valence-electron chi connectivity index (χ2n) is 6.66. The number of nitrogens with zero attached hydrogens (tertiary/aromatic N) is 2. The first-order valence-electron chi connectivity index (χ1n) is 8.75. The first-order valence-corrected chi connectivity index (χ1v) is 8.75. The van der Waals surface area contributed by atoms with E-state index < -0.39 is 6.61 Å². The molecule has 2 fully saturated rings. The molecule has 0 saturated carbocycles. The molecule has 2 bridgehead atoms. The summed E-state index contributed by atoms with van der Waals surface area (Å²) in [6.45, 7) is -1.18. The van der Waals surface area contributed by atoms with Gasteiger partial charge in [-0.3, -0.25) is 9.89 Å². The summed E-state index contributed by atoms with van der Waals surface area (Å²) in [7, 11) is 0. The molecule has 2 N–H and O–H groups in total. The van der Waals surface area contributed by atoms with E-state index in [9.17, 15) is 13.6 Å². The van der Waals surface area contributed by atoms with Crippen molar-refractivity contribution in [1.82, 2.24) is 20.4 Å². The Kier molecular flexibility index (Phi) is 4.58. The Bertz CT molecular complexity index is 781. The van der Waals surface area contributed by atoms with Crippen LogP contribution in [-0.4, -0.2) is 52.8 Å². The van der Waals surface area contributed by atoms with Crippen molar-refractivity contribution in [3.63, 3.8) is 0 Å². The zero-order chi connectivity index (χ0) is 18.1. The standard InChI is InChI=1S/C18H20F2N4O2/c19-18(20)26-14-3-1-2-11(8-14)16-15(10-22-23-16)17(25)24-12-4-5-13(24)9-21-7-6-12/h1-3,8,10,12-13,18,21H,4-7,9H2,(H,22,23). The molecule has 2 unspecified atom stereocenters. The van der Waals surface area contributed by atoms with E-state index in [1.54, 1.807) is 12.1 Å². The molecule has 4 rings (SSSR count). The number of H-pyrrole nitrogens is 1. The number of halogens is 2. The van der Waals surface area contributed by atoms with Crippen molar-refractivity contribution in [2.24, 2.45) is 0 Å². The maximum Gasteiger partial charge on any atom is 0.387 e. The number of aromatic amines is 1. The third-order valence-corrected chi connectivity index (χ3v) is 5.11. The Morgan fingerprint density at radius 2 is 2.12 bits per heavy atom. The molecule has 0 aliphatic carbocycles. The Morgan fingerprint density at radius 1 is 1.27 bits per heavy atom. The molecule has 8 heteroatoms. The number of hydrogen-bond acceptors (Lipinski definition) is 4. The van der Waals surface area contributed by atoms with Gasteiger partial charge in [0.15, 0.2) is 0 Å². The van der Waals surface area contributed by atoms with E-state index in [0.29, 0.717) is 16.8 Å². The number of alkyl halides is 2. The zero-order valence-electron chi connectivity index (χ0n) is 14.1. The maximum absolute atomic E-state index is 13.2. The van der Waals surface area contributed by atoms with Crippen molar-refractivity contribution in [2.75, 3.05) is 13.1 Å². The molecule has 2 aliphatic rings. The van der Waals surface area contributed by atoms with Crippen LogP contribution in [0.1, 0.15) is 29.6 Å². The third-order valence-electron chi connectivity index (χ3n) is 5.11. The number of rotatable bonds is 4. The average molecular weight is 362 g/mol. The number of ether oxygens (including phenoxy) is 1. The van der Waals surface area contributed by atoms with Crippen molar-refractivity contribution in [3.05, 3.63) is 36.0 Å². The van der Waals surface area contributed by atoms with Crippen LogP contribution in [0, 0.1) is 0 Å². The summed E-state index contributed by atoms with van der Waals surface area (Å²) in [6, 6.07) is 6.71. The number of carbonyl (C=O) groups excluding carboxylic acids is 1. The Balaban J connectivity index is 1.64. The number of aromatic nitrogens is 2. The fourth-order valence-electron chi connectivity index (χ4n) is 3.95. The van der Waals surface area contributed by atoms with Gasteiger partial charge in [0.25, 0.3) is 5.91 Å². The van der Waals surface area contributed by atoms with Crippen LogP contribution in [0.5, 0.6) is 5.75 Å². The lowest BCUT2D eigenvalue weighted by Gasteiger charge is -2.27. The number of benzene rings is 1. The van der Waals surface area contributed by atoms with Gasteiger partial charge in [-0.1, -0.05) is 12.1 Å². The highest BCUT2D eigenvalue weighted by molar-refractivity contribution is 6.00. The zero-order valence-corrected chi connectivity index (χ0v) is 14.1. The van der Waals surface area contributed by atoms with Gasteiger partial charge < -0.3 is 15.0 Å². The van der Waals surface area contributed by atoms with Gasteiger partial charge in [-0.15, -0.1) is 0 Å². The Labute approximate surface area is 149 Å². The molecule has 3 heterocycles. The number of fused-ring (bicyclic) bond motifs is 2. The van der Waals surface area contributed by atoms with Gasteiger partial charge in [0, 0.05) is 24.2 Å². The largest absolute Gasteiger partial charge is 0.435 e. The van der Waals surface area contributed by atoms with E-state index in [1.807, 2.05) is 4.90 Å². The van der Waals surface area contributed by atoms with Gasteiger partial charge in [-0.25, -0.2) is 0 Å². The fraction of sp³-hybridized carbons (Fsp3) is 0.444. The predicted molar refractivity (Wildman–Crippen MR) is 91.1 cm³/mol. The van der Waals surface area contributed by atoms with Crippen LogP contribution in [-0.2, 0) is 0 Å². The van der Waals surface area contributed by atoms with Crippen molar-refractivity contribution >= 4 is 5.91 Å². The molecule has 6 nitrogen and oxygen atoms in total. The minimum Gasteiger partial charge on any atom is -0.435 e. The van der Waals surface area contributed by atoms with Gasteiger partial charge in [0.2, 0.25) is 0 Å². The monoisotopic (exact) mass is 362 g/mol. The highest BCUT2D eigenvalue weighted by Crippen LogP contribution is 2.32. The summed E-state index contributed by atoms with van der Waals surface area (Å²) in [5.41, 5.74) is 1.56. The Hall–Kier alpha value is -2.48. The van der Waals surface area contributed by atoms with Crippen molar-refractivity contribution in [1.29, 1.82) is 0 Å². The van der Waals surface area contributed by atoms with Crippen LogP contribution in [0.25, 0.3) is 11.3 Å². The Morgan fingerprint density at radius 3 is 2.96 bits per heavy atom. The van der Waals surface area contributed by atoms with E-state index in [4.69, 9.17) is 0 Å². The minimum absolute atomic E-state index is 0.0459. The van der Waals surface area contributed by atoms with Crippen molar-refractivity contribution in [3.8, 4) is 17.0 Å². The van der Waals surface area contributed by atoms with Gasteiger partial charge in [0.1, 0.15) is 5.75 Å². The van der Waals surface area contributed by atoms with Gasteiger partial charge in [-0.05, 0) is 37.9 Å². The SMILES string of the molecule is O=C(c1cn[nH]c1-c1cccc(OC(F)F)c1)N1C2CCNCC1CC2. The fourth-order valence-corrected chi connectivity index (χ4v) is 3.95. The quantitative estimate of drug-likeness (QED) is 0.877. The van der Waals surface area contributed by atoms with Gasteiger partial charge >= 0.3 is 6.61 Å². The topological polar surface area (TPSA) is 70.2 Å². The highest BCUT2D eigenvalue weighted by atomic mass is 19.3. The molecule has 2 aromatic rings. The first-order chi connectivity index (χ1) is 12.6. The summed E-state index contributed by atoms with van der Waals surface area (Å²) >= 11 is 0. The lowest BCUT2D eigenvalue weighted by Crippen LogP contribution is -2.42. The van der Waals surface area contributed by atoms with Crippen LogP contribution >= 0.6 is 0 Å². The molecular weight excluding hydrogens is 342 g/mol. The number of nitrogens with one attached hydrogen (secondary N) is 2. The molecule has 0 radical (unpaired) electrons. The minimum atomic E-state index is -2.90. The normalized spacial score (nSPS) is 22.5. The number of amides is 1. The summed E-state index contributed by atoms with van der Waals surface area (Å²) in [5.74, 6) is -0.0188. The van der Waals surface area contributed by atoms with Crippen molar-refractivity contribution in [2.45, 2.75) is 38.0 Å². The number of carbonyl (C=O) groups is 1. The maximum atomic E-state index is 13.2. The predicted octanol–water partition coefficient (Wildman–Crippen LogP) is 2.64. The summed E-state index contributed by atoms with van der Waals surface area (Å²) < 4.78 is 29.4. The molecule has 2 aliphatic heterocycles. The van der Waals surface area contributed by atoms with Gasteiger partial charge in [0.05, 0.1) is 17.5 Å². The van der Waals surface area contributed by atoms with Crippen molar-refractivity contribution < 1.29 is 18.3 Å². The first kappa shape index (κ1) is 17.0. The molecular formula is C18H20F2N4O2. The molecule has 2 saturated heterocycles. The lowest BCUT2D eigenvalue weighted by atomic mass is 10.1. The molecule has 138 valence electrons. The lowest BCUT2D eigenvalue weighted by molar-refractivity contribution is -0.0498. The van der Waals surface area contributed by atoms with E-state index in [0.717, 1.165) is 32.4 Å². The second-order valence-corrected chi connectivity index (χ2v) is 6.66. The molecule has 0 spiro atoms. The summed E-state index contributed by atoms with van der Waals surface area (Å²) in [6.07, 6.45) is 4.46. The van der Waals surface area contributed by atoms with Gasteiger partial charge in [-0.2, -0.15) is 13.9 Å². The van der Waals surface area contributed by atoms with E-state index in [-0.39, 0.29) is 23.7 Å². The van der Waals surface area contributed by atoms with Crippen LogP contribution < -0.4 is 10.1 Å². The molecule has 26 heavy (non-hydrogen) atoms. The molecule has 2 atom stereocenters. The molecule has 1 amide bonds. The molecule has 1 aromatic carbocycles. The smallest absolute Gasteiger partial charge is 0.387 e. The summed E-state index contributed by atoms with van der Waals surface area (Å²) in [4.78, 5) is 15.2. The third kappa shape index (κ3) is 3.16. The van der Waals surface area contributed by atoms with E-state index in [1.165, 1.54) is 18.3 Å². The highest BCUT2D eigenvalue weighted by Gasteiger charge is 2.39. The van der Waals surface area contributed by atoms with E-state index >= 15 is 0 Å². The van der Waals surface area contributed by atoms with E-state index in [2.05, 4.69) is 20.3 Å². The van der Waals surface area contributed by atoms with Crippen LogP contribution in [0.3, 0.4) is 0 Å². The summed E-state index contributed by atoms with van der Waals surface area (Å²) in [5, 5.41) is 10.2. The van der Waals surface area contributed by atoms with Crippen LogP contribution in [0.4, 0.5) is 8.78 Å².